The van der Waals surface area contributed by atoms with Crippen molar-refractivity contribution in [1.82, 2.24) is 13.1 Å². The van der Waals surface area contributed by atoms with E-state index in [-0.39, 0.29) is 5.82 Å². The van der Waals surface area contributed by atoms with Crippen LogP contribution in [0.5, 0.6) is 0 Å². The Labute approximate surface area is 118 Å². The van der Waals surface area contributed by atoms with Crippen molar-refractivity contribution in [3.05, 3.63) is 48.0 Å². The van der Waals surface area contributed by atoms with E-state index in [4.69, 9.17) is 0 Å². The molecule has 1 aromatic carbocycles. The first-order valence-corrected chi connectivity index (χ1v) is 7.15. The number of nitrogens with zero attached hydrogens (tertiary/aromatic N) is 3. The van der Waals surface area contributed by atoms with Crippen LogP contribution in [0.25, 0.3) is 0 Å². The van der Waals surface area contributed by atoms with Gasteiger partial charge in [-0.25, -0.2) is 12.8 Å². The molecule has 0 saturated heterocycles. The Hall–Kier alpha value is -1.20. The molecule has 19 heavy (non-hydrogen) atoms. The molecule has 104 valence electrons. The van der Waals surface area contributed by atoms with Gasteiger partial charge in [0.2, 0.25) is 0 Å². The summed E-state index contributed by atoms with van der Waals surface area (Å²) in [6.07, 6.45) is 4.04. The molecular weight excluding hydrogens is 261 g/mol. The maximum atomic E-state index is 12.9. The molecule has 3 nitrogen and oxygen atoms in total. The van der Waals surface area contributed by atoms with Gasteiger partial charge in [0.05, 0.1) is 18.3 Å². The van der Waals surface area contributed by atoms with E-state index in [1.165, 1.54) is 12.1 Å². The number of benzene rings is 1. The van der Waals surface area contributed by atoms with Crippen molar-refractivity contribution in [3.63, 3.8) is 0 Å². The highest BCUT2D eigenvalue weighted by Crippen LogP contribution is 2.19. The molecule has 5 heteroatoms. The summed E-state index contributed by atoms with van der Waals surface area (Å²) < 4.78 is 19.3. The zero-order chi connectivity index (χ0) is 13.8. The number of aryl methyl sites for hydroxylation is 1. The van der Waals surface area contributed by atoms with Crippen LogP contribution in [0.15, 0.2) is 36.7 Å². The van der Waals surface area contributed by atoms with Gasteiger partial charge in [-0.05, 0) is 23.6 Å². The molecule has 0 bridgehead atoms. The molecule has 2 rings (SSSR count). The Bertz CT molecular complexity index is 501. The third-order valence-electron chi connectivity index (χ3n) is 2.76. The van der Waals surface area contributed by atoms with Crippen molar-refractivity contribution >= 4 is 12.1 Å². The highest BCUT2D eigenvalue weighted by atomic mass is 32.2. The van der Waals surface area contributed by atoms with Crippen LogP contribution in [0, 0.1) is 11.7 Å². The summed E-state index contributed by atoms with van der Waals surface area (Å²) in [5.74, 6) is 0.403. The Morgan fingerprint density at radius 1 is 1.21 bits per heavy atom. The lowest BCUT2D eigenvalue weighted by atomic mass is 10.2. The quantitative estimate of drug-likeness (QED) is 0.751. The maximum absolute atomic E-state index is 12.9. The second-order valence-corrected chi connectivity index (χ2v) is 6.15. The van der Waals surface area contributed by atoms with Gasteiger partial charge < -0.3 is 0 Å². The molecule has 0 fully saturated rings. The first-order chi connectivity index (χ1) is 9.04. The summed E-state index contributed by atoms with van der Waals surface area (Å²) in [4.78, 5) is 0. The molecule has 0 aliphatic carbocycles. The Balaban J connectivity index is 2.01. The first kappa shape index (κ1) is 14.2. The fourth-order valence-corrected chi connectivity index (χ4v) is 2.87. The van der Waals surface area contributed by atoms with Gasteiger partial charge in [-0.3, -0.25) is 4.68 Å². The molecule has 0 aliphatic heterocycles. The smallest absolute Gasteiger partial charge is 0.123 e. The van der Waals surface area contributed by atoms with Crippen molar-refractivity contribution in [1.29, 1.82) is 0 Å². The Morgan fingerprint density at radius 3 is 2.37 bits per heavy atom. The average Bonchev–Trinajstić information content (AvgIpc) is 2.36. The van der Waals surface area contributed by atoms with Crippen molar-refractivity contribution in [2.75, 3.05) is 6.54 Å². The van der Waals surface area contributed by atoms with Gasteiger partial charge in [0, 0.05) is 26.3 Å². The van der Waals surface area contributed by atoms with E-state index in [1.54, 1.807) is 12.1 Å². The van der Waals surface area contributed by atoms with E-state index >= 15 is 0 Å². The number of rotatable bonds is 6. The predicted molar refractivity (Wildman–Crippen MR) is 78.0 cm³/mol. The fourth-order valence-electron chi connectivity index (χ4n) is 1.79. The number of halogens is 1. The summed E-state index contributed by atoms with van der Waals surface area (Å²) in [5.41, 5.74) is 1.13. The number of hydrogen-bond acceptors (Lipinski definition) is 2. The zero-order valence-electron chi connectivity index (χ0n) is 11.6. The lowest BCUT2D eigenvalue weighted by Crippen LogP contribution is -2.25. The molecule has 0 aliphatic rings. The van der Waals surface area contributed by atoms with Gasteiger partial charge in [0.15, 0.2) is 0 Å². The molecule has 0 spiro atoms. The minimum absolute atomic E-state index is 0.183. The summed E-state index contributed by atoms with van der Waals surface area (Å²) >= 11 is 1.68. The Kier molecular flexibility index (Phi) is 4.71. The van der Waals surface area contributed by atoms with Crippen molar-refractivity contribution in [2.24, 2.45) is 13.0 Å². The maximum Gasteiger partial charge on any atom is 0.123 e. The first-order valence-electron chi connectivity index (χ1n) is 6.42. The van der Waals surface area contributed by atoms with Gasteiger partial charge in [0.25, 0.3) is 0 Å². The SMILES string of the molecule is CC(C)CN(Cc1ccc(F)cc1)Sn1ccn1C. The number of hydrogen-bond donors (Lipinski definition) is 0. The van der Waals surface area contributed by atoms with Crippen molar-refractivity contribution in [2.45, 2.75) is 20.4 Å². The minimum Gasteiger partial charge on any atom is -0.283 e. The molecule has 1 aromatic heterocycles. The predicted octanol–water partition coefficient (Wildman–Crippen LogP) is 3.54. The normalized spacial score (nSPS) is 11.7. The molecule has 0 unspecified atom stereocenters. The van der Waals surface area contributed by atoms with Crippen LogP contribution >= 0.6 is 12.1 Å². The minimum atomic E-state index is -0.183. The summed E-state index contributed by atoms with van der Waals surface area (Å²) in [6.45, 7) is 6.20. The fraction of sp³-hybridized carbons (Fsp3) is 0.429. The van der Waals surface area contributed by atoms with Crippen LogP contribution in [0.1, 0.15) is 19.4 Å². The molecule has 0 atom stereocenters. The molecule has 0 N–H and O–H groups in total. The highest BCUT2D eigenvalue weighted by molar-refractivity contribution is 7.95. The second kappa shape index (κ2) is 6.30. The van der Waals surface area contributed by atoms with E-state index in [9.17, 15) is 4.39 Å². The van der Waals surface area contributed by atoms with E-state index in [1.807, 2.05) is 36.3 Å². The van der Waals surface area contributed by atoms with Gasteiger partial charge >= 0.3 is 0 Å². The molecular formula is C14H20FN3S. The van der Waals surface area contributed by atoms with Gasteiger partial charge in [-0.1, -0.05) is 26.0 Å². The van der Waals surface area contributed by atoms with Crippen LogP contribution in [0.3, 0.4) is 0 Å². The largest absolute Gasteiger partial charge is 0.283 e. The van der Waals surface area contributed by atoms with Crippen LogP contribution in [0.4, 0.5) is 4.39 Å². The zero-order valence-corrected chi connectivity index (χ0v) is 12.4. The van der Waals surface area contributed by atoms with E-state index in [0.29, 0.717) is 5.92 Å². The number of aromatic nitrogens is 2. The molecule has 2 aromatic rings. The van der Waals surface area contributed by atoms with E-state index < -0.39 is 0 Å². The van der Waals surface area contributed by atoms with Gasteiger partial charge in [-0.15, -0.1) is 0 Å². The van der Waals surface area contributed by atoms with Gasteiger partial charge in [-0.2, -0.15) is 0 Å². The van der Waals surface area contributed by atoms with Crippen LogP contribution in [-0.2, 0) is 13.6 Å². The van der Waals surface area contributed by atoms with Crippen LogP contribution < -0.4 is 0 Å². The Morgan fingerprint density at radius 2 is 1.89 bits per heavy atom. The molecule has 0 saturated carbocycles. The molecule has 1 heterocycles. The average molecular weight is 281 g/mol. The third kappa shape index (κ3) is 4.14. The standard InChI is InChI=1S/C14H20FN3S/c1-12(2)10-17(19-18-9-8-16(18)3)11-13-4-6-14(15)7-5-13/h4-9,12H,10-11H2,1-3H3. The van der Waals surface area contributed by atoms with E-state index in [2.05, 4.69) is 22.2 Å². The van der Waals surface area contributed by atoms with E-state index in [0.717, 1.165) is 18.7 Å². The lowest BCUT2D eigenvalue weighted by molar-refractivity contribution is 0.395. The highest BCUT2D eigenvalue weighted by Gasteiger charge is 2.11. The monoisotopic (exact) mass is 281 g/mol. The molecule has 0 radical (unpaired) electrons. The topological polar surface area (TPSA) is 13.1 Å². The summed E-state index contributed by atoms with van der Waals surface area (Å²) in [5, 5.41) is 0. The second-order valence-electron chi connectivity index (χ2n) is 5.10. The van der Waals surface area contributed by atoms with Crippen LogP contribution in [-0.4, -0.2) is 19.6 Å². The molecule has 0 amide bonds. The van der Waals surface area contributed by atoms with Crippen molar-refractivity contribution in [3.8, 4) is 0 Å². The van der Waals surface area contributed by atoms with Gasteiger partial charge in [0.1, 0.15) is 5.82 Å². The van der Waals surface area contributed by atoms with Crippen LogP contribution in [0.2, 0.25) is 0 Å². The third-order valence-corrected chi connectivity index (χ3v) is 3.82. The lowest BCUT2D eigenvalue weighted by Gasteiger charge is -2.26. The van der Waals surface area contributed by atoms with Crippen molar-refractivity contribution < 1.29 is 4.39 Å². The summed E-state index contributed by atoms with van der Waals surface area (Å²) in [6, 6.07) is 6.73. The summed E-state index contributed by atoms with van der Waals surface area (Å²) in [7, 11) is 2.01.